The summed E-state index contributed by atoms with van der Waals surface area (Å²) in [7, 11) is 0. The number of rotatable bonds is 2. The molecule has 0 spiro atoms. The molecule has 0 radical (unpaired) electrons. The summed E-state index contributed by atoms with van der Waals surface area (Å²) < 4.78 is 1.74. The molecule has 1 aliphatic carbocycles. The Hall–Kier alpha value is -2.44. The summed E-state index contributed by atoms with van der Waals surface area (Å²) in [6, 6.07) is 2.03. The zero-order valence-corrected chi connectivity index (χ0v) is 9.54. The summed E-state index contributed by atoms with van der Waals surface area (Å²) >= 11 is 0. The van der Waals surface area contributed by atoms with Crippen LogP contribution in [0.5, 0.6) is 0 Å². The van der Waals surface area contributed by atoms with Gasteiger partial charge in [0.1, 0.15) is 0 Å². The predicted octanol–water partition coefficient (Wildman–Crippen LogP) is 0.998. The zero-order chi connectivity index (χ0) is 12.1. The minimum atomic E-state index is 0.213. The van der Waals surface area contributed by atoms with E-state index in [2.05, 4.69) is 25.3 Å². The highest BCUT2D eigenvalue weighted by molar-refractivity contribution is 5.82. The van der Waals surface area contributed by atoms with Gasteiger partial charge < -0.3 is 5.73 Å². The molecular weight excluding hydrogens is 230 g/mol. The monoisotopic (exact) mass is 241 g/mol. The molecule has 18 heavy (non-hydrogen) atoms. The average molecular weight is 241 g/mol. The Labute approximate surface area is 102 Å². The molecule has 3 heterocycles. The van der Waals surface area contributed by atoms with Crippen molar-refractivity contribution in [1.82, 2.24) is 29.9 Å². The molecule has 0 aliphatic heterocycles. The number of nitrogens with one attached hydrogen (secondary N) is 1. The maximum atomic E-state index is 5.69. The van der Waals surface area contributed by atoms with Crippen LogP contribution in [0.25, 0.3) is 16.9 Å². The Morgan fingerprint density at radius 2 is 2.22 bits per heavy atom. The third-order valence-electron chi connectivity index (χ3n) is 3.13. The van der Waals surface area contributed by atoms with Crippen LogP contribution in [0, 0.1) is 0 Å². The standard InChI is InChI=1S/C11H11N7/c12-11-14-9-7(5-13-16-9)10(15-11)18-4-3-8(17-18)6-1-2-6/h3-6H,1-2H2,(H3,12,13,14,15,16). The predicted molar refractivity (Wildman–Crippen MR) is 65.2 cm³/mol. The molecule has 0 amide bonds. The van der Waals surface area contributed by atoms with Gasteiger partial charge in [-0.25, -0.2) is 4.68 Å². The van der Waals surface area contributed by atoms with Gasteiger partial charge in [-0.2, -0.15) is 20.2 Å². The zero-order valence-electron chi connectivity index (χ0n) is 9.54. The van der Waals surface area contributed by atoms with Gasteiger partial charge in [0.05, 0.1) is 17.3 Å². The van der Waals surface area contributed by atoms with Gasteiger partial charge in [-0.3, -0.25) is 5.10 Å². The van der Waals surface area contributed by atoms with Crippen LogP contribution in [-0.2, 0) is 0 Å². The number of aromatic amines is 1. The van der Waals surface area contributed by atoms with Crippen molar-refractivity contribution in [1.29, 1.82) is 0 Å². The van der Waals surface area contributed by atoms with Crippen LogP contribution in [-0.4, -0.2) is 29.9 Å². The second-order valence-electron chi connectivity index (χ2n) is 4.50. The van der Waals surface area contributed by atoms with Crippen LogP contribution in [0.3, 0.4) is 0 Å². The number of nitrogens with two attached hydrogens (primary N) is 1. The summed E-state index contributed by atoms with van der Waals surface area (Å²) in [6.45, 7) is 0. The SMILES string of the molecule is Nc1nc(-n2ccc(C3CC3)n2)c2cn[nH]c2n1. The van der Waals surface area contributed by atoms with E-state index >= 15 is 0 Å². The summed E-state index contributed by atoms with van der Waals surface area (Å²) in [6.07, 6.45) is 6.04. The Bertz CT molecular complexity index is 722. The maximum absolute atomic E-state index is 5.69. The highest BCUT2D eigenvalue weighted by atomic mass is 15.3. The molecule has 3 aromatic rings. The van der Waals surface area contributed by atoms with E-state index in [4.69, 9.17) is 5.73 Å². The van der Waals surface area contributed by atoms with Crippen LogP contribution in [0.2, 0.25) is 0 Å². The van der Waals surface area contributed by atoms with Gasteiger partial charge in [-0.15, -0.1) is 0 Å². The number of hydrogen-bond donors (Lipinski definition) is 2. The molecule has 1 saturated carbocycles. The van der Waals surface area contributed by atoms with Gasteiger partial charge in [0.2, 0.25) is 5.95 Å². The molecule has 0 bridgehead atoms. The molecule has 0 saturated heterocycles. The van der Waals surface area contributed by atoms with Crippen LogP contribution in [0.15, 0.2) is 18.5 Å². The second-order valence-corrected chi connectivity index (χ2v) is 4.50. The van der Waals surface area contributed by atoms with Gasteiger partial charge in [0.25, 0.3) is 0 Å². The van der Waals surface area contributed by atoms with Crippen molar-refractivity contribution in [3.05, 3.63) is 24.2 Å². The van der Waals surface area contributed by atoms with Crippen LogP contribution in [0.4, 0.5) is 5.95 Å². The van der Waals surface area contributed by atoms with Crippen LogP contribution >= 0.6 is 0 Å². The molecule has 4 rings (SSSR count). The summed E-state index contributed by atoms with van der Waals surface area (Å²) in [5.41, 5.74) is 7.43. The quantitative estimate of drug-likeness (QED) is 0.697. The largest absolute Gasteiger partial charge is 0.368 e. The molecule has 1 fully saturated rings. The van der Waals surface area contributed by atoms with E-state index < -0.39 is 0 Å². The minimum Gasteiger partial charge on any atom is -0.368 e. The molecule has 1 aliphatic rings. The molecule has 3 aromatic heterocycles. The van der Waals surface area contributed by atoms with Crippen molar-refractivity contribution in [3.63, 3.8) is 0 Å². The molecule has 0 unspecified atom stereocenters. The van der Waals surface area contributed by atoms with E-state index in [-0.39, 0.29) is 5.95 Å². The molecular formula is C11H11N7. The molecule has 0 aromatic carbocycles. The Kier molecular flexibility index (Phi) is 1.75. The highest BCUT2D eigenvalue weighted by Crippen LogP contribution is 2.39. The Balaban J connectivity index is 1.91. The van der Waals surface area contributed by atoms with Crippen LogP contribution < -0.4 is 5.73 Å². The van der Waals surface area contributed by atoms with Gasteiger partial charge in [0, 0.05) is 12.1 Å². The number of nitrogens with zero attached hydrogens (tertiary/aromatic N) is 5. The van der Waals surface area contributed by atoms with Crippen molar-refractivity contribution >= 4 is 17.0 Å². The molecule has 7 nitrogen and oxygen atoms in total. The van der Waals surface area contributed by atoms with Gasteiger partial charge >= 0.3 is 0 Å². The van der Waals surface area contributed by atoms with E-state index in [9.17, 15) is 0 Å². The molecule has 0 atom stereocenters. The minimum absolute atomic E-state index is 0.213. The lowest BCUT2D eigenvalue weighted by atomic mass is 10.3. The summed E-state index contributed by atoms with van der Waals surface area (Å²) in [5.74, 6) is 1.49. The van der Waals surface area contributed by atoms with E-state index in [0.29, 0.717) is 17.4 Å². The van der Waals surface area contributed by atoms with Crippen molar-refractivity contribution in [2.24, 2.45) is 0 Å². The third-order valence-corrected chi connectivity index (χ3v) is 3.13. The first-order valence-corrected chi connectivity index (χ1v) is 5.84. The molecule has 7 heteroatoms. The second kappa shape index (κ2) is 3.28. The average Bonchev–Trinajstić information content (AvgIpc) is 2.91. The highest BCUT2D eigenvalue weighted by Gasteiger charge is 2.26. The van der Waals surface area contributed by atoms with Crippen molar-refractivity contribution in [2.45, 2.75) is 18.8 Å². The van der Waals surface area contributed by atoms with Crippen molar-refractivity contribution in [3.8, 4) is 5.82 Å². The fraction of sp³-hybridized carbons (Fsp3) is 0.273. The third kappa shape index (κ3) is 1.37. The Morgan fingerprint density at radius 1 is 1.33 bits per heavy atom. The smallest absolute Gasteiger partial charge is 0.224 e. The summed E-state index contributed by atoms with van der Waals surface area (Å²) in [5, 5.41) is 12.1. The number of anilines is 1. The topological polar surface area (TPSA) is 98.3 Å². The molecule has 3 N–H and O–H groups in total. The van der Waals surface area contributed by atoms with Crippen molar-refractivity contribution < 1.29 is 0 Å². The number of H-pyrrole nitrogens is 1. The first kappa shape index (κ1) is 9.58. The van der Waals surface area contributed by atoms with Gasteiger partial charge in [-0.05, 0) is 18.9 Å². The van der Waals surface area contributed by atoms with Crippen molar-refractivity contribution in [2.75, 3.05) is 5.73 Å². The van der Waals surface area contributed by atoms with E-state index in [0.717, 1.165) is 11.1 Å². The fourth-order valence-corrected chi connectivity index (χ4v) is 2.06. The number of nitrogen functional groups attached to an aromatic ring is 1. The van der Waals surface area contributed by atoms with E-state index in [1.165, 1.54) is 12.8 Å². The maximum Gasteiger partial charge on any atom is 0.224 e. The van der Waals surface area contributed by atoms with E-state index in [1.807, 2.05) is 12.3 Å². The Morgan fingerprint density at radius 3 is 3.06 bits per heavy atom. The first-order valence-electron chi connectivity index (χ1n) is 5.84. The van der Waals surface area contributed by atoms with Crippen LogP contribution in [0.1, 0.15) is 24.5 Å². The van der Waals surface area contributed by atoms with Gasteiger partial charge in [0.15, 0.2) is 11.5 Å². The molecule has 90 valence electrons. The number of fused-ring (bicyclic) bond motifs is 1. The lowest BCUT2D eigenvalue weighted by Crippen LogP contribution is -2.04. The number of aromatic nitrogens is 6. The lowest BCUT2D eigenvalue weighted by Gasteiger charge is -2.02. The summed E-state index contributed by atoms with van der Waals surface area (Å²) in [4.78, 5) is 8.33. The lowest BCUT2D eigenvalue weighted by molar-refractivity contribution is 0.818. The van der Waals surface area contributed by atoms with Gasteiger partial charge in [-0.1, -0.05) is 0 Å². The fourth-order valence-electron chi connectivity index (χ4n) is 2.06. The van der Waals surface area contributed by atoms with E-state index in [1.54, 1.807) is 10.9 Å². The normalized spacial score (nSPS) is 15.3. The number of hydrogen-bond acceptors (Lipinski definition) is 5. The first-order chi connectivity index (χ1) is 8.81.